The van der Waals surface area contributed by atoms with E-state index >= 15 is 0 Å². The van der Waals surface area contributed by atoms with Gasteiger partial charge in [-0.05, 0) is 25.1 Å². The second kappa shape index (κ2) is 11.2. The van der Waals surface area contributed by atoms with Crippen LogP contribution in [0.4, 0.5) is 0 Å². The van der Waals surface area contributed by atoms with E-state index in [1.807, 2.05) is 0 Å². The van der Waals surface area contributed by atoms with Crippen LogP contribution in [0.3, 0.4) is 0 Å². The standard InChI is InChI=1S/C9H18O3S2/c1-3-5-7-10-12-9(13)14-11-8-6-4-2/h3-8H2,1-2H3. The van der Waals surface area contributed by atoms with Gasteiger partial charge in [-0.25, -0.2) is 0 Å². The molecule has 0 aromatic rings. The molecular formula is C9H18O3S2. The van der Waals surface area contributed by atoms with Crippen molar-refractivity contribution in [1.29, 1.82) is 0 Å². The van der Waals surface area contributed by atoms with E-state index in [-0.39, 0.29) is 4.38 Å². The highest BCUT2D eigenvalue weighted by Gasteiger charge is 2.00. The minimum atomic E-state index is 0.289. The smallest absolute Gasteiger partial charge is 0.289 e. The van der Waals surface area contributed by atoms with Crippen molar-refractivity contribution in [1.82, 2.24) is 0 Å². The second-order valence-electron chi connectivity index (χ2n) is 2.77. The van der Waals surface area contributed by atoms with Crippen molar-refractivity contribution in [2.45, 2.75) is 39.5 Å². The Labute approximate surface area is 95.6 Å². The van der Waals surface area contributed by atoms with Gasteiger partial charge in [-0.2, -0.15) is 4.89 Å². The summed E-state index contributed by atoms with van der Waals surface area (Å²) < 4.78 is 5.45. The van der Waals surface area contributed by atoms with Crippen LogP contribution >= 0.6 is 24.3 Å². The van der Waals surface area contributed by atoms with Gasteiger partial charge in [-0.3, -0.25) is 0 Å². The molecule has 0 fully saturated rings. The summed E-state index contributed by atoms with van der Waals surface area (Å²) in [6.07, 6.45) is 4.20. The van der Waals surface area contributed by atoms with Crippen molar-refractivity contribution in [2.75, 3.05) is 13.2 Å². The Morgan fingerprint density at radius 3 is 2.43 bits per heavy atom. The highest BCUT2D eigenvalue weighted by atomic mass is 32.2. The number of thiocarbonyl (C=S) groups is 1. The molecule has 0 saturated heterocycles. The molecule has 0 aliphatic rings. The summed E-state index contributed by atoms with van der Waals surface area (Å²) in [6, 6.07) is 0. The lowest BCUT2D eigenvalue weighted by molar-refractivity contribution is -0.216. The van der Waals surface area contributed by atoms with Crippen molar-refractivity contribution in [3.05, 3.63) is 0 Å². The first-order valence-corrected chi connectivity index (χ1v) is 6.09. The topological polar surface area (TPSA) is 27.7 Å². The first-order valence-electron chi connectivity index (χ1n) is 4.94. The summed E-state index contributed by atoms with van der Waals surface area (Å²) in [5.74, 6) is 0. The number of unbranched alkanes of at least 4 members (excludes halogenated alkanes) is 2. The predicted molar refractivity (Wildman–Crippen MR) is 63.0 cm³/mol. The lowest BCUT2D eigenvalue weighted by Crippen LogP contribution is -2.01. The maximum atomic E-state index is 5.16. The lowest BCUT2D eigenvalue weighted by Gasteiger charge is -2.04. The Kier molecular flexibility index (Phi) is 11.4. The van der Waals surface area contributed by atoms with Crippen LogP contribution in [-0.4, -0.2) is 17.6 Å². The van der Waals surface area contributed by atoms with E-state index in [1.165, 1.54) is 0 Å². The summed E-state index contributed by atoms with van der Waals surface area (Å²) in [4.78, 5) is 9.64. The van der Waals surface area contributed by atoms with Crippen LogP contribution in [0.15, 0.2) is 0 Å². The molecule has 0 atom stereocenters. The van der Waals surface area contributed by atoms with E-state index in [4.69, 9.17) is 26.2 Å². The fourth-order valence-corrected chi connectivity index (χ4v) is 1.17. The fraction of sp³-hybridized carbons (Fsp3) is 0.889. The van der Waals surface area contributed by atoms with E-state index in [0.29, 0.717) is 13.2 Å². The van der Waals surface area contributed by atoms with Gasteiger partial charge in [0.1, 0.15) is 0 Å². The zero-order chi connectivity index (χ0) is 10.6. The summed E-state index contributed by atoms with van der Waals surface area (Å²) >= 11 is 5.90. The highest BCUT2D eigenvalue weighted by molar-refractivity contribution is 8.19. The average Bonchev–Trinajstić information content (AvgIpc) is 2.19. The molecule has 3 nitrogen and oxygen atoms in total. The quantitative estimate of drug-likeness (QED) is 0.212. The molecule has 0 spiro atoms. The molecule has 0 aliphatic carbocycles. The number of rotatable bonds is 8. The van der Waals surface area contributed by atoms with Crippen molar-refractivity contribution < 1.29 is 14.0 Å². The zero-order valence-corrected chi connectivity index (χ0v) is 10.4. The van der Waals surface area contributed by atoms with Crippen LogP contribution in [0.5, 0.6) is 0 Å². The molecule has 0 aromatic carbocycles. The van der Waals surface area contributed by atoms with Gasteiger partial charge >= 0.3 is 0 Å². The van der Waals surface area contributed by atoms with Crippen LogP contribution in [0.1, 0.15) is 39.5 Å². The highest BCUT2D eigenvalue weighted by Crippen LogP contribution is 2.09. The molecule has 0 aliphatic heterocycles. The second-order valence-corrected chi connectivity index (χ2v) is 4.17. The SMILES string of the molecule is CCCCOOC(=S)SOCCCC. The molecule has 14 heavy (non-hydrogen) atoms. The van der Waals surface area contributed by atoms with Crippen molar-refractivity contribution >= 4 is 28.6 Å². The predicted octanol–water partition coefficient (Wildman–Crippen LogP) is 3.48. The summed E-state index contributed by atoms with van der Waals surface area (Å²) in [5.41, 5.74) is 0. The molecule has 0 bridgehead atoms. The summed E-state index contributed by atoms with van der Waals surface area (Å²) in [5, 5.41) is 0. The lowest BCUT2D eigenvalue weighted by atomic mass is 10.4. The summed E-state index contributed by atoms with van der Waals surface area (Å²) in [6.45, 7) is 5.47. The van der Waals surface area contributed by atoms with Crippen LogP contribution < -0.4 is 0 Å². The maximum absolute atomic E-state index is 5.16. The van der Waals surface area contributed by atoms with Crippen LogP contribution in [-0.2, 0) is 14.0 Å². The number of hydrogen-bond donors (Lipinski definition) is 0. The Morgan fingerprint density at radius 1 is 1.14 bits per heavy atom. The molecule has 0 rings (SSSR count). The van der Waals surface area contributed by atoms with Crippen molar-refractivity contribution in [3.8, 4) is 0 Å². The molecule has 0 saturated carbocycles. The van der Waals surface area contributed by atoms with Crippen LogP contribution in [0, 0.1) is 0 Å². The van der Waals surface area contributed by atoms with E-state index < -0.39 is 0 Å². The first-order chi connectivity index (χ1) is 6.81. The maximum Gasteiger partial charge on any atom is 0.289 e. The van der Waals surface area contributed by atoms with Gasteiger partial charge in [0, 0.05) is 0 Å². The van der Waals surface area contributed by atoms with Crippen molar-refractivity contribution in [2.24, 2.45) is 0 Å². The monoisotopic (exact) mass is 238 g/mol. The van der Waals surface area contributed by atoms with Gasteiger partial charge in [0.25, 0.3) is 4.38 Å². The molecule has 0 unspecified atom stereocenters. The zero-order valence-electron chi connectivity index (χ0n) is 8.78. The Balaban J connectivity index is 3.11. The third-order valence-electron chi connectivity index (χ3n) is 1.42. The van der Waals surface area contributed by atoms with Gasteiger partial charge in [0.2, 0.25) is 0 Å². The van der Waals surface area contributed by atoms with Crippen LogP contribution in [0.25, 0.3) is 0 Å². The number of hydrogen-bond acceptors (Lipinski definition) is 5. The molecule has 0 amide bonds. The largest absolute Gasteiger partial charge is 0.316 e. The molecule has 5 heteroatoms. The van der Waals surface area contributed by atoms with Gasteiger partial charge in [0.05, 0.1) is 25.3 Å². The molecular weight excluding hydrogens is 220 g/mol. The third kappa shape index (κ3) is 10.2. The summed E-state index contributed by atoms with van der Waals surface area (Å²) in [7, 11) is 0. The first kappa shape index (κ1) is 14.2. The molecule has 0 heterocycles. The van der Waals surface area contributed by atoms with Crippen molar-refractivity contribution in [3.63, 3.8) is 0 Å². The van der Waals surface area contributed by atoms with E-state index in [2.05, 4.69) is 13.8 Å². The Hall–Kier alpha value is 0.160. The van der Waals surface area contributed by atoms with Crippen LogP contribution in [0.2, 0.25) is 0 Å². The van der Waals surface area contributed by atoms with Gasteiger partial charge in [0.15, 0.2) is 0 Å². The minimum absolute atomic E-state index is 0.289. The van der Waals surface area contributed by atoms with E-state index in [9.17, 15) is 0 Å². The molecule has 84 valence electrons. The minimum Gasteiger partial charge on any atom is -0.316 e. The molecule has 0 aromatic heterocycles. The normalized spacial score (nSPS) is 10.1. The van der Waals surface area contributed by atoms with E-state index in [1.54, 1.807) is 0 Å². The van der Waals surface area contributed by atoms with Gasteiger partial charge in [-0.15, -0.1) is 0 Å². The Bertz CT molecular complexity index is 128. The Morgan fingerprint density at radius 2 is 1.79 bits per heavy atom. The average molecular weight is 238 g/mol. The van der Waals surface area contributed by atoms with E-state index in [0.717, 1.165) is 37.7 Å². The van der Waals surface area contributed by atoms with Gasteiger partial charge in [-0.1, -0.05) is 26.7 Å². The van der Waals surface area contributed by atoms with Gasteiger partial charge < -0.3 is 9.07 Å². The molecule has 0 N–H and O–H groups in total. The fourth-order valence-electron chi connectivity index (χ4n) is 0.600. The third-order valence-corrected chi connectivity index (χ3v) is 2.18. The molecule has 0 radical (unpaired) electrons.